The maximum Gasteiger partial charge on any atom is 0.232 e. The highest BCUT2D eigenvalue weighted by Crippen LogP contribution is 2.27. The van der Waals surface area contributed by atoms with Crippen molar-refractivity contribution < 1.29 is 0 Å². The number of hydrogen-bond acceptors (Lipinski definition) is 4. The van der Waals surface area contributed by atoms with Gasteiger partial charge >= 0.3 is 0 Å². The highest BCUT2D eigenvalue weighted by Gasteiger charge is 2.16. The van der Waals surface area contributed by atoms with E-state index >= 15 is 0 Å². The Kier molecular flexibility index (Phi) is 3.42. The lowest BCUT2D eigenvalue weighted by molar-refractivity contribution is 0.759. The van der Waals surface area contributed by atoms with Gasteiger partial charge in [-0.2, -0.15) is 0 Å². The molecule has 0 radical (unpaired) electrons. The first-order chi connectivity index (χ1) is 11.2. The molecule has 23 heavy (non-hydrogen) atoms. The fourth-order valence-electron chi connectivity index (χ4n) is 2.54. The van der Waals surface area contributed by atoms with Crippen molar-refractivity contribution in [2.75, 3.05) is 0 Å². The van der Waals surface area contributed by atoms with Gasteiger partial charge < -0.3 is 0 Å². The summed E-state index contributed by atoms with van der Waals surface area (Å²) in [6.07, 6.45) is 0. The molecule has 0 amide bonds. The number of nitrogens with zero attached hydrogens (tertiary/aromatic N) is 4. The highest BCUT2D eigenvalue weighted by atomic mass is 32.1. The third-order valence-electron chi connectivity index (χ3n) is 3.50. The zero-order valence-electron chi connectivity index (χ0n) is 13.0. The molecule has 0 atom stereocenters. The lowest BCUT2D eigenvalue weighted by atomic mass is 10.3. The molecule has 0 saturated carbocycles. The smallest absolute Gasteiger partial charge is 0.232 e. The molecule has 5 heteroatoms. The van der Waals surface area contributed by atoms with E-state index in [2.05, 4.69) is 35.5 Å². The van der Waals surface area contributed by atoms with Crippen molar-refractivity contribution in [3.8, 4) is 16.5 Å². The maximum absolute atomic E-state index is 4.78. The molecule has 0 N–H and O–H groups in total. The topological polar surface area (TPSA) is 43.1 Å². The van der Waals surface area contributed by atoms with Gasteiger partial charge in [-0.05, 0) is 38.1 Å². The van der Waals surface area contributed by atoms with Gasteiger partial charge in [-0.25, -0.2) is 15.0 Å². The Hall–Kier alpha value is -2.53. The number of para-hydroxylation sites is 1. The normalized spacial score (nSPS) is 12.6. The molecule has 2 heterocycles. The van der Waals surface area contributed by atoms with Gasteiger partial charge in [0.25, 0.3) is 0 Å². The van der Waals surface area contributed by atoms with Crippen LogP contribution in [0.1, 0.15) is 13.8 Å². The van der Waals surface area contributed by atoms with Crippen LogP contribution in [0.25, 0.3) is 26.7 Å². The highest BCUT2D eigenvalue weighted by molar-refractivity contribution is 7.20. The Morgan fingerprint density at radius 2 is 1.74 bits per heavy atom. The van der Waals surface area contributed by atoms with E-state index in [0.717, 1.165) is 22.0 Å². The third kappa shape index (κ3) is 2.53. The third-order valence-corrected chi connectivity index (χ3v) is 4.52. The van der Waals surface area contributed by atoms with Gasteiger partial charge in [-0.1, -0.05) is 41.7 Å². The molecule has 1 aromatic carbocycles. The quantitative estimate of drug-likeness (QED) is 0.562. The number of aromatic nitrogens is 3. The summed E-state index contributed by atoms with van der Waals surface area (Å²) in [5, 5.41) is 0.902. The summed E-state index contributed by atoms with van der Waals surface area (Å²) in [6, 6.07) is 18.4. The van der Waals surface area contributed by atoms with Crippen molar-refractivity contribution in [3.63, 3.8) is 0 Å². The predicted molar refractivity (Wildman–Crippen MR) is 94.1 cm³/mol. The molecule has 0 spiro atoms. The van der Waals surface area contributed by atoms with Crippen molar-refractivity contribution in [2.45, 2.75) is 19.9 Å². The van der Waals surface area contributed by atoms with Crippen LogP contribution in [0.15, 0.2) is 59.6 Å². The number of benzene rings is 1. The SMILES string of the molecule is CC(C)N=c1nc2cccccc-2n1-c1nc2ccccc2s1. The van der Waals surface area contributed by atoms with Crippen molar-refractivity contribution in [3.05, 3.63) is 60.2 Å². The van der Waals surface area contributed by atoms with Crippen LogP contribution in [0.3, 0.4) is 0 Å². The van der Waals surface area contributed by atoms with E-state index in [4.69, 9.17) is 9.97 Å². The lowest BCUT2D eigenvalue weighted by Gasteiger charge is -2.01. The predicted octanol–water partition coefficient (Wildman–Crippen LogP) is 3.90. The van der Waals surface area contributed by atoms with Crippen LogP contribution in [0.4, 0.5) is 0 Å². The average Bonchev–Trinajstić information content (AvgIpc) is 3.00. The molecule has 114 valence electrons. The average molecular weight is 320 g/mol. The number of imidazole rings is 1. The molecule has 1 aliphatic heterocycles. The number of thiazole rings is 1. The van der Waals surface area contributed by atoms with E-state index in [1.807, 2.05) is 42.5 Å². The van der Waals surface area contributed by atoms with Gasteiger partial charge in [0.15, 0.2) is 5.13 Å². The standard InChI is InChI=1S/C18H16N4S/c1-12(2)19-17-20-13-8-4-3-5-10-15(13)22(17)18-21-14-9-6-7-11-16(14)23-18/h3-12H,1-2H3. The van der Waals surface area contributed by atoms with Crippen LogP contribution in [0.5, 0.6) is 0 Å². The van der Waals surface area contributed by atoms with Gasteiger partial charge in [0.05, 0.1) is 21.6 Å². The van der Waals surface area contributed by atoms with Gasteiger partial charge in [-0.3, -0.25) is 4.57 Å². The minimum Gasteiger partial charge on any atom is -0.252 e. The van der Waals surface area contributed by atoms with Crippen molar-refractivity contribution in [1.29, 1.82) is 0 Å². The first-order valence-corrected chi connectivity index (χ1v) is 8.41. The summed E-state index contributed by atoms with van der Waals surface area (Å²) < 4.78 is 3.22. The molecule has 1 aliphatic carbocycles. The molecule has 4 rings (SSSR count). The number of rotatable bonds is 2. The second-order valence-electron chi connectivity index (χ2n) is 5.62. The molecule has 2 aliphatic rings. The maximum atomic E-state index is 4.78. The summed E-state index contributed by atoms with van der Waals surface area (Å²) in [7, 11) is 0. The number of hydrogen-bond donors (Lipinski definition) is 0. The number of fused-ring (bicyclic) bond motifs is 2. The minimum absolute atomic E-state index is 0.175. The van der Waals surface area contributed by atoms with Crippen LogP contribution in [-0.4, -0.2) is 20.6 Å². The molecule has 1 aromatic heterocycles. The largest absolute Gasteiger partial charge is 0.252 e. The second kappa shape index (κ2) is 5.59. The Balaban J connectivity index is 2.06. The Labute approximate surface area is 138 Å². The van der Waals surface area contributed by atoms with E-state index in [1.54, 1.807) is 11.3 Å². The monoisotopic (exact) mass is 320 g/mol. The van der Waals surface area contributed by atoms with Crippen LogP contribution < -0.4 is 5.62 Å². The summed E-state index contributed by atoms with van der Waals surface area (Å²) >= 11 is 1.66. The molecule has 0 fully saturated rings. The molecule has 0 bridgehead atoms. The van der Waals surface area contributed by atoms with Crippen LogP contribution in [-0.2, 0) is 0 Å². The first kappa shape index (κ1) is 14.1. The van der Waals surface area contributed by atoms with E-state index in [9.17, 15) is 0 Å². The Bertz CT molecular complexity index is 980. The Morgan fingerprint density at radius 3 is 2.57 bits per heavy atom. The van der Waals surface area contributed by atoms with E-state index in [0.29, 0.717) is 5.62 Å². The van der Waals surface area contributed by atoms with Crippen LogP contribution >= 0.6 is 11.3 Å². The van der Waals surface area contributed by atoms with E-state index < -0.39 is 0 Å². The van der Waals surface area contributed by atoms with Gasteiger partial charge in [-0.15, -0.1) is 0 Å². The molecule has 0 unspecified atom stereocenters. The fourth-order valence-corrected chi connectivity index (χ4v) is 3.52. The van der Waals surface area contributed by atoms with Crippen molar-refractivity contribution >= 4 is 21.6 Å². The van der Waals surface area contributed by atoms with E-state index in [-0.39, 0.29) is 6.04 Å². The second-order valence-corrected chi connectivity index (χ2v) is 6.62. The minimum atomic E-state index is 0.175. The zero-order valence-corrected chi connectivity index (χ0v) is 13.8. The van der Waals surface area contributed by atoms with Crippen LogP contribution in [0, 0.1) is 0 Å². The molecule has 0 saturated heterocycles. The summed E-state index contributed by atoms with van der Waals surface area (Å²) in [5.41, 5.74) is 3.66. The Morgan fingerprint density at radius 1 is 0.957 bits per heavy atom. The van der Waals surface area contributed by atoms with E-state index in [1.165, 1.54) is 4.70 Å². The fraction of sp³-hybridized carbons (Fsp3) is 0.167. The lowest BCUT2D eigenvalue weighted by Crippen LogP contribution is -2.19. The van der Waals surface area contributed by atoms with Gasteiger partial charge in [0.1, 0.15) is 0 Å². The van der Waals surface area contributed by atoms with Crippen LogP contribution in [0.2, 0.25) is 0 Å². The first-order valence-electron chi connectivity index (χ1n) is 7.60. The van der Waals surface area contributed by atoms with Crippen molar-refractivity contribution in [2.24, 2.45) is 4.99 Å². The molecule has 2 aromatic rings. The van der Waals surface area contributed by atoms with Gasteiger partial charge in [0, 0.05) is 6.04 Å². The zero-order chi connectivity index (χ0) is 15.8. The van der Waals surface area contributed by atoms with Crippen molar-refractivity contribution in [1.82, 2.24) is 14.5 Å². The van der Waals surface area contributed by atoms with Gasteiger partial charge in [0.2, 0.25) is 5.62 Å². The summed E-state index contributed by atoms with van der Waals surface area (Å²) in [5.74, 6) is 0. The molecule has 4 nitrogen and oxygen atoms in total. The molecular formula is C18H16N4S. The summed E-state index contributed by atoms with van der Waals surface area (Å²) in [6.45, 7) is 4.12. The summed E-state index contributed by atoms with van der Waals surface area (Å²) in [4.78, 5) is 14.2. The molecular weight excluding hydrogens is 304 g/mol.